The van der Waals surface area contributed by atoms with Crippen LogP contribution in [0.15, 0.2) is 23.0 Å². The van der Waals surface area contributed by atoms with Crippen molar-refractivity contribution in [3.8, 4) is 6.07 Å². The topological polar surface area (TPSA) is 89.8 Å². The van der Waals surface area contributed by atoms with E-state index in [1.165, 1.54) is 16.2 Å². The highest BCUT2D eigenvalue weighted by molar-refractivity contribution is 7.18. The molecule has 1 aliphatic carbocycles. The largest absolute Gasteiger partial charge is 0.331 e. The number of aromatic nitrogens is 2. The molecule has 7 heteroatoms. The fourth-order valence-electron chi connectivity index (χ4n) is 4.05. The molecule has 2 aromatic heterocycles. The van der Waals surface area contributed by atoms with Crippen molar-refractivity contribution in [2.24, 2.45) is 0 Å². The summed E-state index contributed by atoms with van der Waals surface area (Å²) in [7, 11) is 0. The van der Waals surface area contributed by atoms with Crippen molar-refractivity contribution in [1.82, 2.24) is 14.9 Å². The van der Waals surface area contributed by atoms with Gasteiger partial charge in [0.15, 0.2) is 0 Å². The molecule has 0 atom stereocenters. The number of carbonyl (C=O) groups excluding carboxylic acids is 1. The van der Waals surface area contributed by atoms with Crippen molar-refractivity contribution in [1.29, 1.82) is 5.26 Å². The zero-order valence-corrected chi connectivity index (χ0v) is 15.4. The number of aryl methyl sites for hydroxylation is 2. The molecule has 0 bridgehead atoms. The molecule has 1 aromatic carbocycles. The summed E-state index contributed by atoms with van der Waals surface area (Å²) in [5.41, 5.74) is 3.62. The van der Waals surface area contributed by atoms with Crippen LogP contribution in [0.5, 0.6) is 0 Å². The van der Waals surface area contributed by atoms with Crippen molar-refractivity contribution < 1.29 is 4.79 Å². The summed E-state index contributed by atoms with van der Waals surface area (Å²) in [6, 6.07) is 7.73. The molecular formula is C20H16N4O2S. The summed E-state index contributed by atoms with van der Waals surface area (Å²) in [5.74, 6) is -0.164. The molecule has 134 valence electrons. The molecular weight excluding hydrogens is 360 g/mol. The van der Waals surface area contributed by atoms with E-state index in [-0.39, 0.29) is 17.3 Å². The molecule has 1 aliphatic heterocycles. The molecule has 0 spiro atoms. The lowest BCUT2D eigenvalue weighted by Gasteiger charge is -2.28. The molecule has 1 amide bonds. The number of H-pyrrole nitrogens is 1. The zero-order valence-electron chi connectivity index (χ0n) is 14.5. The van der Waals surface area contributed by atoms with E-state index in [1.54, 1.807) is 11.0 Å². The fourth-order valence-corrected chi connectivity index (χ4v) is 5.32. The summed E-state index contributed by atoms with van der Waals surface area (Å²) in [5, 5.41) is 9.75. The van der Waals surface area contributed by atoms with Crippen LogP contribution in [0.25, 0.3) is 10.2 Å². The van der Waals surface area contributed by atoms with Gasteiger partial charge in [-0.15, -0.1) is 11.3 Å². The number of rotatable bonds is 1. The van der Waals surface area contributed by atoms with Gasteiger partial charge in [-0.05, 0) is 54.5 Å². The monoisotopic (exact) mass is 376 g/mol. The first-order valence-electron chi connectivity index (χ1n) is 9.00. The minimum absolute atomic E-state index is 0.104. The number of benzene rings is 1. The summed E-state index contributed by atoms with van der Waals surface area (Å²) >= 11 is 1.53. The maximum atomic E-state index is 13.0. The van der Waals surface area contributed by atoms with Gasteiger partial charge in [0, 0.05) is 18.0 Å². The quantitative estimate of drug-likeness (QED) is 0.707. The number of aromatic amines is 1. The lowest BCUT2D eigenvalue weighted by molar-refractivity contribution is 0.0722. The third kappa shape index (κ3) is 2.56. The normalized spacial score (nSPS) is 15.4. The van der Waals surface area contributed by atoms with Gasteiger partial charge in [0.25, 0.3) is 11.5 Å². The van der Waals surface area contributed by atoms with Crippen LogP contribution in [0.3, 0.4) is 0 Å². The lowest BCUT2D eigenvalue weighted by Crippen LogP contribution is -2.37. The molecule has 2 aliphatic rings. The van der Waals surface area contributed by atoms with Crippen LogP contribution in [0.2, 0.25) is 0 Å². The Bertz CT molecular complexity index is 1200. The first kappa shape index (κ1) is 16.2. The number of carbonyl (C=O) groups is 1. The highest BCUT2D eigenvalue weighted by Crippen LogP contribution is 2.34. The van der Waals surface area contributed by atoms with E-state index in [9.17, 15) is 9.59 Å². The second kappa shape index (κ2) is 6.03. The van der Waals surface area contributed by atoms with Crippen LogP contribution in [-0.4, -0.2) is 27.3 Å². The number of hydrogen-bond donors (Lipinski definition) is 1. The number of nitrogens with zero attached hydrogens (tertiary/aromatic N) is 3. The highest BCUT2D eigenvalue weighted by Gasteiger charge is 2.26. The minimum atomic E-state index is -0.268. The molecule has 0 radical (unpaired) electrons. The third-order valence-electron chi connectivity index (χ3n) is 5.41. The Balaban J connectivity index is 1.49. The van der Waals surface area contributed by atoms with Gasteiger partial charge in [0.05, 0.1) is 17.0 Å². The van der Waals surface area contributed by atoms with Gasteiger partial charge < -0.3 is 9.88 Å². The Morgan fingerprint density at radius 3 is 3.00 bits per heavy atom. The molecule has 0 saturated carbocycles. The van der Waals surface area contributed by atoms with Crippen molar-refractivity contribution >= 4 is 27.5 Å². The molecule has 0 unspecified atom stereocenters. The third-order valence-corrected chi connectivity index (χ3v) is 6.60. The molecule has 5 rings (SSSR count). The molecule has 27 heavy (non-hydrogen) atoms. The zero-order chi connectivity index (χ0) is 18.5. The van der Waals surface area contributed by atoms with E-state index in [2.05, 4.69) is 16.0 Å². The number of nitrogens with one attached hydrogen (secondary N) is 1. The predicted octanol–water partition coefficient (Wildman–Crippen LogP) is 2.54. The predicted molar refractivity (Wildman–Crippen MR) is 102 cm³/mol. The van der Waals surface area contributed by atoms with Gasteiger partial charge in [0.1, 0.15) is 4.83 Å². The van der Waals surface area contributed by atoms with Crippen molar-refractivity contribution in [2.75, 3.05) is 6.54 Å². The molecule has 0 saturated heterocycles. The lowest BCUT2D eigenvalue weighted by atomic mass is 9.97. The Labute approximate surface area is 159 Å². The van der Waals surface area contributed by atoms with Gasteiger partial charge in [0.2, 0.25) is 5.82 Å². The van der Waals surface area contributed by atoms with Crippen molar-refractivity contribution in [2.45, 2.75) is 32.2 Å². The minimum Gasteiger partial charge on any atom is -0.331 e. The Morgan fingerprint density at radius 2 is 2.15 bits per heavy atom. The summed E-state index contributed by atoms with van der Waals surface area (Å²) in [6.07, 6.45) is 3.71. The molecule has 1 N–H and O–H groups in total. The van der Waals surface area contributed by atoms with Crippen LogP contribution in [-0.2, 0) is 25.8 Å². The second-order valence-electron chi connectivity index (χ2n) is 7.02. The van der Waals surface area contributed by atoms with E-state index in [0.717, 1.165) is 42.4 Å². The first-order chi connectivity index (χ1) is 13.1. The van der Waals surface area contributed by atoms with Crippen LogP contribution in [0.4, 0.5) is 0 Å². The van der Waals surface area contributed by atoms with Crippen molar-refractivity contribution in [3.05, 3.63) is 61.5 Å². The Hall–Kier alpha value is -2.98. The summed E-state index contributed by atoms with van der Waals surface area (Å²) in [6.45, 7) is 0.993. The van der Waals surface area contributed by atoms with Gasteiger partial charge in [-0.25, -0.2) is 4.98 Å². The summed E-state index contributed by atoms with van der Waals surface area (Å²) < 4.78 is 0. The Morgan fingerprint density at radius 1 is 1.26 bits per heavy atom. The smallest absolute Gasteiger partial charge is 0.290 e. The average molecular weight is 376 g/mol. The van der Waals surface area contributed by atoms with E-state index in [0.29, 0.717) is 28.9 Å². The van der Waals surface area contributed by atoms with Gasteiger partial charge >= 0.3 is 0 Å². The van der Waals surface area contributed by atoms with Crippen LogP contribution in [0, 0.1) is 11.3 Å². The number of thiophene rings is 1. The SMILES string of the molecule is N#Cc1ccc2c(c1)CN(C(=O)c1nc3sc4c(c3c(=O)[nH]1)CCC4)CC2. The van der Waals surface area contributed by atoms with Gasteiger partial charge in [-0.3, -0.25) is 9.59 Å². The maximum absolute atomic E-state index is 13.0. The van der Waals surface area contributed by atoms with E-state index in [1.807, 2.05) is 12.1 Å². The van der Waals surface area contributed by atoms with E-state index in [4.69, 9.17) is 5.26 Å². The Kier molecular flexibility index (Phi) is 3.62. The fraction of sp³-hybridized carbons (Fsp3) is 0.300. The average Bonchev–Trinajstić information content (AvgIpc) is 3.27. The highest BCUT2D eigenvalue weighted by atomic mass is 32.1. The van der Waals surface area contributed by atoms with Crippen molar-refractivity contribution in [3.63, 3.8) is 0 Å². The molecule has 3 aromatic rings. The first-order valence-corrected chi connectivity index (χ1v) is 9.81. The number of hydrogen-bond acceptors (Lipinski definition) is 5. The second-order valence-corrected chi connectivity index (χ2v) is 8.11. The van der Waals surface area contributed by atoms with Crippen LogP contribution >= 0.6 is 11.3 Å². The van der Waals surface area contributed by atoms with Gasteiger partial charge in [-0.1, -0.05) is 6.07 Å². The molecule has 0 fully saturated rings. The van der Waals surface area contributed by atoms with E-state index < -0.39 is 0 Å². The molecule has 3 heterocycles. The molecule has 6 nitrogen and oxygen atoms in total. The number of nitriles is 1. The maximum Gasteiger partial charge on any atom is 0.290 e. The van der Waals surface area contributed by atoms with Crippen LogP contribution < -0.4 is 5.56 Å². The number of amides is 1. The van der Waals surface area contributed by atoms with E-state index >= 15 is 0 Å². The van der Waals surface area contributed by atoms with Gasteiger partial charge in [-0.2, -0.15) is 5.26 Å². The number of fused-ring (bicyclic) bond motifs is 4. The summed E-state index contributed by atoms with van der Waals surface area (Å²) in [4.78, 5) is 36.3. The van der Waals surface area contributed by atoms with Crippen LogP contribution in [0.1, 0.15) is 44.2 Å². The standard InChI is InChI=1S/C20H16N4O2S/c21-9-11-4-5-12-6-7-24(10-13(12)8-11)20(26)17-22-18(25)16-14-2-1-3-15(14)27-19(16)23-17/h4-5,8H,1-3,6-7,10H2,(H,22,23,25).